The molecule has 1 aromatic carbocycles. The molecular formula is C18H19ClFN2OS+. The minimum Gasteiger partial charge on any atom is -0.320 e. The van der Waals surface area contributed by atoms with Gasteiger partial charge in [0.25, 0.3) is 5.91 Å². The van der Waals surface area contributed by atoms with E-state index in [9.17, 15) is 9.18 Å². The van der Waals surface area contributed by atoms with Gasteiger partial charge < -0.3 is 10.2 Å². The lowest BCUT2D eigenvalue weighted by Crippen LogP contribution is -3.14. The molecule has 0 saturated heterocycles. The van der Waals surface area contributed by atoms with Gasteiger partial charge in [-0.2, -0.15) is 0 Å². The van der Waals surface area contributed by atoms with Crippen molar-refractivity contribution >= 4 is 34.5 Å². The van der Waals surface area contributed by atoms with Crippen molar-refractivity contribution in [2.45, 2.75) is 25.3 Å². The standard InChI is InChI=1S/C18H18ClFN2OS/c19-12-3-4-15(14(20)9-12)21-17(23)10-22-7-5-16-13(6-8-24-16)18(22)11-1-2-11/h3-4,6,8-9,11,18H,1-2,5,7,10H2,(H,21,23)/p+1/t18-/m0/s1. The summed E-state index contributed by atoms with van der Waals surface area (Å²) < 4.78 is 13.9. The smallest absolute Gasteiger partial charge is 0.279 e. The van der Waals surface area contributed by atoms with Gasteiger partial charge in [-0.25, -0.2) is 4.39 Å². The first kappa shape index (κ1) is 16.1. The topological polar surface area (TPSA) is 33.5 Å². The van der Waals surface area contributed by atoms with Crippen LogP contribution < -0.4 is 10.2 Å². The third kappa shape index (κ3) is 3.21. The van der Waals surface area contributed by atoms with E-state index in [4.69, 9.17) is 11.6 Å². The Morgan fingerprint density at radius 2 is 2.21 bits per heavy atom. The molecule has 2 aliphatic rings. The van der Waals surface area contributed by atoms with Gasteiger partial charge in [-0.05, 0) is 42.5 Å². The van der Waals surface area contributed by atoms with Gasteiger partial charge >= 0.3 is 0 Å². The summed E-state index contributed by atoms with van der Waals surface area (Å²) in [5, 5.41) is 5.18. The predicted molar refractivity (Wildman–Crippen MR) is 94.2 cm³/mol. The third-order valence-electron chi connectivity index (χ3n) is 4.91. The first-order chi connectivity index (χ1) is 11.6. The molecule has 1 aliphatic heterocycles. The Morgan fingerprint density at radius 1 is 1.38 bits per heavy atom. The second-order valence-electron chi connectivity index (χ2n) is 6.62. The maximum absolute atomic E-state index is 13.9. The molecule has 3 nitrogen and oxygen atoms in total. The SMILES string of the molecule is O=C(C[NH+]1CCc2sccc2[C@@H]1C1CC1)Nc1ccc(Cl)cc1F. The van der Waals surface area contributed by atoms with Gasteiger partial charge in [0.15, 0.2) is 6.54 Å². The zero-order chi connectivity index (χ0) is 16.7. The lowest BCUT2D eigenvalue weighted by Gasteiger charge is -2.32. The number of nitrogens with one attached hydrogen (secondary N) is 2. The first-order valence-electron chi connectivity index (χ1n) is 8.27. The number of carbonyl (C=O) groups excluding carboxylic acids is 1. The number of rotatable bonds is 4. The van der Waals surface area contributed by atoms with Gasteiger partial charge in [-0.1, -0.05) is 11.6 Å². The Labute approximate surface area is 149 Å². The Morgan fingerprint density at radius 3 is 2.96 bits per heavy atom. The maximum Gasteiger partial charge on any atom is 0.279 e. The van der Waals surface area contributed by atoms with Crippen molar-refractivity contribution in [1.82, 2.24) is 0 Å². The van der Waals surface area contributed by atoms with Crippen LogP contribution in [0.5, 0.6) is 0 Å². The van der Waals surface area contributed by atoms with Gasteiger partial charge in [-0.15, -0.1) is 11.3 Å². The normalized spacial score (nSPS) is 22.9. The maximum atomic E-state index is 13.9. The molecule has 1 fully saturated rings. The van der Waals surface area contributed by atoms with Crippen LogP contribution in [0.3, 0.4) is 0 Å². The highest BCUT2D eigenvalue weighted by Gasteiger charge is 2.43. The third-order valence-corrected chi connectivity index (χ3v) is 6.15. The van der Waals surface area contributed by atoms with Gasteiger partial charge in [-0.3, -0.25) is 4.79 Å². The average Bonchev–Trinajstić information content (AvgIpc) is 3.26. The lowest BCUT2D eigenvalue weighted by atomic mass is 9.96. The largest absolute Gasteiger partial charge is 0.320 e. The van der Waals surface area contributed by atoms with Crippen molar-refractivity contribution in [3.63, 3.8) is 0 Å². The summed E-state index contributed by atoms with van der Waals surface area (Å²) >= 11 is 7.58. The van der Waals surface area contributed by atoms with Gasteiger partial charge in [0.05, 0.1) is 12.2 Å². The Balaban J connectivity index is 1.47. The Bertz CT molecular complexity index is 774. The molecule has 1 aromatic heterocycles. The minimum atomic E-state index is -0.497. The number of quaternary nitrogens is 1. The van der Waals surface area contributed by atoms with Gasteiger partial charge in [0.2, 0.25) is 0 Å². The van der Waals surface area contributed by atoms with Crippen LogP contribution in [0.25, 0.3) is 0 Å². The number of benzene rings is 1. The van der Waals surface area contributed by atoms with Crippen LogP contribution in [0.4, 0.5) is 10.1 Å². The van der Waals surface area contributed by atoms with Crippen LogP contribution in [0.1, 0.15) is 29.3 Å². The molecule has 0 bridgehead atoms. The van der Waals surface area contributed by atoms with E-state index in [1.54, 1.807) is 6.07 Å². The quantitative estimate of drug-likeness (QED) is 0.857. The molecule has 0 radical (unpaired) electrons. The van der Waals surface area contributed by atoms with Crippen LogP contribution in [0.2, 0.25) is 5.02 Å². The van der Waals surface area contributed by atoms with Crippen molar-refractivity contribution in [3.8, 4) is 0 Å². The highest BCUT2D eigenvalue weighted by atomic mass is 35.5. The van der Waals surface area contributed by atoms with Crippen LogP contribution >= 0.6 is 22.9 Å². The Hall–Kier alpha value is -1.43. The van der Waals surface area contributed by atoms with Crippen LogP contribution in [-0.2, 0) is 11.2 Å². The summed E-state index contributed by atoms with van der Waals surface area (Å²) in [5.74, 6) is 0.0487. The lowest BCUT2D eigenvalue weighted by molar-refractivity contribution is -0.928. The minimum absolute atomic E-state index is 0.143. The van der Waals surface area contributed by atoms with E-state index in [1.165, 1.54) is 40.3 Å². The summed E-state index contributed by atoms with van der Waals surface area (Å²) in [6.07, 6.45) is 3.52. The van der Waals surface area contributed by atoms with Gasteiger partial charge in [0, 0.05) is 27.8 Å². The Kier molecular flexibility index (Phi) is 4.33. The van der Waals surface area contributed by atoms with Crippen molar-refractivity contribution in [2.24, 2.45) is 5.92 Å². The zero-order valence-corrected chi connectivity index (χ0v) is 14.7. The monoisotopic (exact) mass is 365 g/mol. The molecular weight excluding hydrogens is 347 g/mol. The van der Waals surface area contributed by atoms with Crippen molar-refractivity contribution in [1.29, 1.82) is 0 Å². The molecule has 2 N–H and O–H groups in total. The number of thiophene rings is 1. The first-order valence-corrected chi connectivity index (χ1v) is 9.53. The van der Waals surface area contributed by atoms with Crippen LogP contribution in [0.15, 0.2) is 29.6 Å². The van der Waals surface area contributed by atoms with E-state index >= 15 is 0 Å². The molecule has 24 heavy (non-hydrogen) atoms. The van der Waals surface area contributed by atoms with E-state index in [0.717, 1.165) is 13.0 Å². The zero-order valence-electron chi connectivity index (χ0n) is 13.1. The van der Waals surface area contributed by atoms with Crippen molar-refractivity contribution in [2.75, 3.05) is 18.4 Å². The molecule has 1 aliphatic carbocycles. The fourth-order valence-corrected chi connectivity index (χ4v) is 4.78. The average molecular weight is 366 g/mol. The molecule has 2 heterocycles. The summed E-state index contributed by atoms with van der Waals surface area (Å²) in [6.45, 7) is 1.34. The van der Waals surface area contributed by atoms with E-state index in [-0.39, 0.29) is 11.6 Å². The number of halogens is 2. The molecule has 1 saturated carbocycles. The molecule has 1 unspecified atom stereocenters. The van der Waals surface area contributed by atoms with Gasteiger partial charge in [0.1, 0.15) is 11.9 Å². The van der Waals surface area contributed by atoms with E-state index in [0.29, 0.717) is 23.5 Å². The molecule has 2 aromatic rings. The second-order valence-corrected chi connectivity index (χ2v) is 8.06. The highest BCUT2D eigenvalue weighted by Crippen LogP contribution is 2.42. The number of amides is 1. The number of hydrogen-bond donors (Lipinski definition) is 2. The predicted octanol–water partition coefficient (Wildman–Crippen LogP) is 3.07. The molecule has 6 heteroatoms. The molecule has 1 amide bonds. The molecule has 126 valence electrons. The van der Waals surface area contributed by atoms with Crippen LogP contribution in [0, 0.1) is 11.7 Å². The second kappa shape index (κ2) is 6.47. The number of hydrogen-bond acceptors (Lipinski definition) is 2. The molecule has 0 spiro atoms. The van der Waals surface area contributed by atoms with Crippen molar-refractivity contribution in [3.05, 3.63) is 50.9 Å². The van der Waals surface area contributed by atoms with Crippen molar-refractivity contribution < 1.29 is 14.1 Å². The fraction of sp³-hybridized carbons (Fsp3) is 0.389. The summed E-state index contributed by atoms with van der Waals surface area (Å²) in [7, 11) is 0. The summed E-state index contributed by atoms with van der Waals surface area (Å²) in [5.41, 5.74) is 1.62. The van der Waals surface area contributed by atoms with E-state index < -0.39 is 5.82 Å². The summed E-state index contributed by atoms with van der Waals surface area (Å²) in [4.78, 5) is 15.2. The number of anilines is 1. The highest BCUT2D eigenvalue weighted by molar-refractivity contribution is 7.10. The summed E-state index contributed by atoms with van der Waals surface area (Å²) in [6, 6.07) is 6.95. The van der Waals surface area contributed by atoms with Crippen LogP contribution in [-0.4, -0.2) is 19.0 Å². The van der Waals surface area contributed by atoms with E-state index in [1.807, 2.05) is 11.3 Å². The van der Waals surface area contributed by atoms with E-state index in [2.05, 4.69) is 16.8 Å². The number of fused-ring (bicyclic) bond motifs is 1. The number of carbonyl (C=O) groups is 1. The molecule has 4 rings (SSSR count). The fourth-order valence-electron chi connectivity index (χ4n) is 3.69. The molecule has 2 atom stereocenters.